The molecular weight excluding hydrogens is 480 g/mol. The molecule has 214 valence electrons. The van der Waals surface area contributed by atoms with E-state index in [1.807, 2.05) is 30.9 Å². The van der Waals surface area contributed by atoms with E-state index in [9.17, 15) is 14.4 Å². The number of ether oxygens (including phenoxy) is 1. The van der Waals surface area contributed by atoms with Crippen molar-refractivity contribution in [2.75, 3.05) is 52.5 Å². The number of aryl methyl sites for hydroxylation is 2. The first-order chi connectivity index (χ1) is 18.3. The van der Waals surface area contributed by atoms with Crippen molar-refractivity contribution in [3.05, 3.63) is 34.9 Å². The van der Waals surface area contributed by atoms with E-state index in [0.29, 0.717) is 25.2 Å². The van der Waals surface area contributed by atoms with E-state index in [2.05, 4.69) is 29.4 Å². The van der Waals surface area contributed by atoms with E-state index in [1.54, 1.807) is 6.07 Å². The minimum atomic E-state index is -0.739. The Kier molecular flexibility index (Phi) is 15.0. The second kappa shape index (κ2) is 17.9. The van der Waals surface area contributed by atoms with Gasteiger partial charge >= 0.3 is 0 Å². The van der Waals surface area contributed by atoms with E-state index in [0.717, 1.165) is 82.5 Å². The number of hydrogen-bond donors (Lipinski definition) is 2. The van der Waals surface area contributed by atoms with Gasteiger partial charge in [0.05, 0.1) is 13.2 Å². The van der Waals surface area contributed by atoms with Gasteiger partial charge in [-0.05, 0) is 56.4 Å². The number of morpholine rings is 1. The lowest BCUT2D eigenvalue weighted by molar-refractivity contribution is -0.133. The summed E-state index contributed by atoms with van der Waals surface area (Å²) in [6.07, 6.45) is 6.61. The fourth-order valence-electron chi connectivity index (χ4n) is 4.58. The fraction of sp³-hybridized carbons (Fsp3) is 0.700. The highest BCUT2D eigenvalue weighted by molar-refractivity contribution is 5.98. The summed E-state index contributed by atoms with van der Waals surface area (Å²) < 4.78 is 5.37. The Morgan fingerprint density at radius 1 is 0.974 bits per heavy atom. The summed E-state index contributed by atoms with van der Waals surface area (Å²) in [5.74, 6) is -0.461. The summed E-state index contributed by atoms with van der Waals surface area (Å²) in [5, 5.41) is 5.95. The maximum atomic E-state index is 13.7. The van der Waals surface area contributed by atoms with Crippen LogP contribution in [-0.2, 0) is 14.3 Å². The molecule has 0 bridgehead atoms. The fourth-order valence-corrected chi connectivity index (χ4v) is 4.58. The number of nitrogens with one attached hydrogen (secondary N) is 2. The molecule has 8 heteroatoms. The third kappa shape index (κ3) is 11.5. The molecule has 1 aromatic rings. The Morgan fingerprint density at radius 2 is 1.63 bits per heavy atom. The molecule has 0 radical (unpaired) electrons. The first kappa shape index (κ1) is 31.8. The van der Waals surface area contributed by atoms with Gasteiger partial charge in [0.2, 0.25) is 11.8 Å². The number of carbonyl (C=O) groups is 3. The Balaban J connectivity index is 2.04. The van der Waals surface area contributed by atoms with Gasteiger partial charge in [-0.1, -0.05) is 45.6 Å². The topological polar surface area (TPSA) is 91.0 Å². The summed E-state index contributed by atoms with van der Waals surface area (Å²) >= 11 is 0. The lowest BCUT2D eigenvalue weighted by atomic mass is 10.0. The van der Waals surface area contributed by atoms with Gasteiger partial charge in [0.1, 0.15) is 6.04 Å². The number of nitrogens with zero attached hydrogens (tertiary/aromatic N) is 2. The standard InChI is InChI=1S/C30H50N4O4/c1-5-7-9-16-34(17-10-8-6-2)30(37)27(32-29(36)26-12-11-24(3)25(4)23-26)13-14-28(35)31-15-18-33-19-21-38-22-20-33/h11-12,23,27H,5-10,13-22H2,1-4H3,(H,31,35)(H,32,36). The minimum absolute atomic E-state index is 0.0875. The average Bonchev–Trinajstić information content (AvgIpc) is 2.92. The predicted molar refractivity (Wildman–Crippen MR) is 152 cm³/mol. The van der Waals surface area contributed by atoms with Crippen molar-refractivity contribution in [3.8, 4) is 0 Å². The first-order valence-electron chi connectivity index (χ1n) is 14.6. The molecule has 1 fully saturated rings. The SMILES string of the molecule is CCCCCN(CCCCC)C(=O)C(CCC(=O)NCCN1CCOCC1)NC(=O)c1ccc(C)c(C)c1. The lowest BCUT2D eigenvalue weighted by Gasteiger charge is -2.28. The molecule has 0 aliphatic carbocycles. The number of benzene rings is 1. The van der Waals surface area contributed by atoms with Crippen LogP contribution in [0.4, 0.5) is 0 Å². The van der Waals surface area contributed by atoms with E-state index in [1.165, 1.54) is 0 Å². The van der Waals surface area contributed by atoms with Crippen molar-refractivity contribution in [3.63, 3.8) is 0 Å². The van der Waals surface area contributed by atoms with E-state index in [4.69, 9.17) is 4.74 Å². The Labute approximate surface area is 229 Å². The molecule has 1 aliphatic rings. The highest BCUT2D eigenvalue weighted by atomic mass is 16.5. The van der Waals surface area contributed by atoms with Crippen LogP contribution in [0.2, 0.25) is 0 Å². The normalized spacial score (nSPS) is 14.6. The van der Waals surface area contributed by atoms with Gasteiger partial charge in [-0.3, -0.25) is 19.3 Å². The second-order valence-electron chi connectivity index (χ2n) is 10.4. The van der Waals surface area contributed by atoms with Crippen LogP contribution in [0.5, 0.6) is 0 Å². The largest absolute Gasteiger partial charge is 0.379 e. The molecule has 8 nitrogen and oxygen atoms in total. The molecule has 0 aromatic heterocycles. The maximum Gasteiger partial charge on any atom is 0.251 e. The van der Waals surface area contributed by atoms with E-state index in [-0.39, 0.29) is 30.6 Å². The molecule has 2 N–H and O–H groups in total. The van der Waals surface area contributed by atoms with Crippen LogP contribution in [0, 0.1) is 13.8 Å². The zero-order valence-electron chi connectivity index (χ0n) is 24.2. The molecular formula is C30H50N4O4. The number of rotatable bonds is 17. The van der Waals surface area contributed by atoms with Gasteiger partial charge in [0.15, 0.2) is 0 Å². The van der Waals surface area contributed by atoms with Crippen LogP contribution < -0.4 is 10.6 Å². The third-order valence-corrected chi connectivity index (χ3v) is 7.26. The predicted octanol–water partition coefficient (Wildman–Crippen LogP) is 3.84. The maximum absolute atomic E-state index is 13.7. The summed E-state index contributed by atoms with van der Waals surface area (Å²) in [4.78, 5) is 43.7. The quantitative estimate of drug-likeness (QED) is 0.299. The van der Waals surface area contributed by atoms with Gasteiger partial charge < -0.3 is 20.3 Å². The number of carbonyl (C=O) groups excluding carboxylic acids is 3. The van der Waals surface area contributed by atoms with Crippen molar-refractivity contribution in [2.24, 2.45) is 0 Å². The highest BCUT2D eigenvalue weighted by Gasteiger charge is 2.27. The minimum Gasteiger partial charge on any atom is -0.379 e. The van der Waals surface area contributed by atoms with Crippen molar-refractivity contribution in [2.45, 2.75) is 85.1 Å². The summed E-state index contributed by atoms with van der Waals surface area (Å²) in [6, 6.07) is 4.82. The molecule has 0 saturated carbocycles. The Bertz CT molecular complexity index is 860. The van der Waals surface area contributed by atoms with Crippen molar-refractivity contribution < 1.29 is 19.1 Å². The van der Waals surface area contributed by atoms with Crippen LogP contribution in [0.1, 0.15) is 86.7 Å². The monoisotopic (exact) mass is 530 g/mol. The lowest BCUT2D eigenvalue weighted by Crippen LogP contribution is -2.49. The Hall–Kier alpha value is -2.45. The van der Waals surface area contributed by atoms with E-state index < -0.39 is 6.04 Å². The van der Waals surface area contributed by atoms with Gasteiger partial charge in [-0.25, -0.2) is 0 Å². The number of hydrogen-bond acceptors (Lipinski definition) is 5. The van der Waals surface area contributed by atoms with Crippen LogP contribution >= 0.6 is 0 Å². The molecule has 1 aliphatic heterocycles. The van der Waals surface area contributed by atoms with Gasteiger partial charge in [0, 0.05) is 51.3 Å². The molecule has 0 spiro atoms. The van der Waals surface area contributed by atoms with Crippen molar-refractivity contribution >= 4 is 17.7 Å². The summed E-state index contributed by atoms with van der Waals surface area (Å²) in [5.41, 5.74) is 2.67. The molecule has 38 heavy (non-hydrogen) atoms. The van der Waals surface area contributed by atoms with Gasteiger partial charge in [-0.15, -0.1) is 0 Å². The number of amides is 3. The molecule has 1 aromatic carbocycles. The molecule has 1 unspecified atom stereocenters. The van der Waals surface area contributed by atoms with E-state index >= 15 is 0 Å². The molecule has 2 rings (SSSR count). The smallest absolute Gasteiger partial charge is 0.251 e. The number of unbranched alkanes of at least 4 members (excludes halogenated alkanes) is 4. The van der Waals surface area contributed by atoms with Crippen LogP contribution in [0.15, 0.2) is 18.2 Å². The first-order valence-corrected chi connectivity index (χ1v) is 14.6. The van der Waals surface area contributed by atoms with Crippen molar-refractivity contribution in [1.82, 2.24) is 20.4 Å². The third-order valence-electron chi connectivity index (χ3n) is 7.26. The molecule has 1 atom stereocenters. The van der Waals surface area contributed by atoms with Crippen LogP contribution in [0.25, 0.3) is 0 Å². The highest BCUT2D eigenvalue weighted by Crippen LogP contribution is 2.13. The second-order valence-corrected chi connectivity index (χ2v) is 10.4. The van der Waals surface area contributed by atoms with Crippen molar-refractivity contribution in [1.29, 1.82) is 0 Å². The summed E-state index contributed by atoms with van der Waals surface area (Å²) in [6.45, 7) is 14.2. The Morgan fingerprint density at radius 3 is 2.24 bits per heavy atom. The zero-order valence-corrected chi connectivity index (χ0v) is 24.2. The summed E-state index contributed by atoms with van der Waals surface area (Å²) in [7, 11) is 0. The average molecular weight is 531 g/mol. The molecule has 3 amide bonds. The van der Waals surface area contributed by atoms with Gasteiger partial charge in [-0.2, -0.15) is 0 Å². The van der Waals surface area contributed by atoms with Crippen LogP contribution in [0.3, 0.4) is 0 Å². The van der Waals surface area contributed by atoms with Gasteiger partial charge in [0.25, 0.3) is 5.91 Å². The van der Waals surface area contributed by atoms with Crippen LogP contribution in [-0.4, -0.2) is 86.0 Å². The molecule has 1 saturated heterocycles. The zero-order chi connectivity index (χ0) is 27.8. The molecule has 1 heterocycles.